The monoisotopic (exact) mass is 408 g/mol. The maximum absolute atomic E-state index is 13.8. The standard InChI is InChI=1S/C20H16F4N2O3/c1-2-28-18-9-12(3-7-17(18)29-20(23)24)4-8-19(27)26-16(11-25)14-6-5-13(21)10-15(14)22/h3-10,16,20H,2H2,1H3,(H,26,27)/b8-4+. The fourth-order valence-corrected chi connectivity index (χ4v) is 2.37. The summed E-state index contributed by atoms with van der Waals surface area (Å²) >= 11 is 0. The maximum Gasteiger partial charge on any atom is 0.387 e. The minimum atomic E-state index is -3.02. The van der Waals surface area contributed by atoms with Crippen LogP contribution in [-0.4, -0.2) is 19.1 Å². The summed E-state index contributed by atoms with van der Waals surface area (Å²) in [5.74, 6) is -2.57. The van der Waals surface area contributed by atoms with E-state index in [2.05, 4.69) is 10.1 Å². The van der Waals surface area contributed by atoms with Crippen molar-refractivity contribution in [1.82, 2.24) is 5.32 Å². The third-order valence-corrected chi connectivity index (χ3v) is 3.60. The second-order valence-corrected chi connectivity index (χ2v) is 5.59. The van der Waals surface area contributed by atoms with Crippen LogP contribution in [0.3, 0.4) is 0 Å². The van der Waals surface area contributed by atoms with Crippen LogP contribution >= 0.6 is 0 Å². The molecule has 0 aliphatic carbocycles. The van der Waals surface area contributed by atoms with E-state index >= 15 is 0 Å². The van der Waals surface area contributed by atoms with E-state index in [1.165, 1.54) is 24.3 Å². The molecule has 9 heteroatoms. The van der Waals surface area contributed by atoms with Gasteiger partial charge in [0.1, 0.15) is 17.7 Å². The minimum absolute atomic E-state index is 0.0682. The molecule has 0 heterocycles. The number of rotatable bonds is 8. The van der Waals surface area contributed by atoms with E-state index < -0.39 is 30.2 Å². The van der Waals surface area contributed by atoms with Gasteiger partial charge in [0.15, 0.2) is 11.5 Å². The molecule has 5 nitrogen and oxygen atoms in total. The number of carbonyl (C=O) groups excluding carboxylic acids is 1. The summed E-state index contributed by atoms with van der Waals surface area (Å²) in [6.07, 6.45) is 2.42. The number of alkyl halides is 2. The fraction of sp³-hybridized carbons (Fsp3) is 0.200. The molecule has 0 spiro atoms. The Morgan fingerprint density at radius 1 is 1.21 bits per heavy atom. The molecule has 2 aromatic rings. The number of ether oxygens (including phenoxy) is 2. The average molecular weight is 408 g/mol. The van der Waals surface area contributed by atoms with Crippen LogP contribution in [0.15, 0.2) is 42.5 Å². The van der Waals surface area contributed by atoms with Crippen LogP contribution in [-0.2, 0) is 4.79 Å². The molecule has 2 aromatic carbocycles. The van der Waals surface area contributed by atoms with Gasteiger partial charge in [-0.2, -0.15) is 14.0 Å². The van der Waals surface area contributed by atoms with Crippen molar-refractivity contribution in [2.75, 3.05) is 6.61 Å². The van der Waals surface area contributed by atoms with Crippen LogP contribution in [0.25, 0.3) is 6.08 Å². The van der Waals surface area contributed by atoms with Crippen molar-refractivity contribution in [3.05, 3.63) is 65.2 Å². The second-order valence-electron chi connectivity index (χ2n) is 5.59. The summed E-state index contributed by atoms with van der Waals surface area (Å²) in [4.78, 5) is 12.1. The van der Waals surface area contributed by atoms with Gasteiger partial charge in [-0.15, -0.1) is 0 Å². The molecule has 1 N–H and O–H groups in total. The van der Waals surface area contributed by atoms with Crippen molar-refractivity contribution in [3.8, 4) is 17.6 Å². The summed E-state index contributed by atoms with van der Waals surface area (Å²) in [5, 5.41) is 11.5. The van der Waals surface area contributed by atoms with Gasteiger partial charge < -0.3 is 14.8 Å². The van der Waals surface area contributed by atoms with Crippen LogP contribution in [0.5, 0.6) is 11.5 Å². The molecule has 152 valence electrons. The Morgan fingerprint density at radius 2 is 1.97 bits per heavy atom. The quantitative estimate of drug-likeness (QED) is 0.521. The normalized spacial score (nSPS) is 11.9. The van der Waals surface area contributed by atoms with Gasteiger partial charge in [0.2, 0.25) is 5.91 Å². The minimum Gasteiger partial charge on any atom is -0.490 e. The highest BCUT2D eigenvalue weighted by atomic mass is 19.3. The van der Waals surface area contributed by atoms with E-state index in [0.717, 1.165) is 18.2 Å². The smallest absolute Gasteiger partial charge is 0.387 e. The van der Waals surface area contributed by atoms with E-state index in [9.17, 15) is 22.4 Å². The molecular weight excluding hydrogens is 392 g/mol. The van der Waals surface area contributed by atoms with Crippen LogP contribution in [0.4, 0.5) is 17.6 Å². The van der Waals surface area contributed by atoms with Gasteiger partial charge in [0.25, 0.3) is 0 Å². The van der Waals surface area contributed by atoms with Crippen molar-refractivity contribution in [1.29, 1.82) is 5.26 Å². The lowest BCUT2D eigenvalue weighted by molar-refractivity contribution is -0.116. The summed E-state index contributed by atoms with van der Waals surface area (Å²) in [6.45, 7) is -1.14. The summed E-state index contributed by atoms with van der Waals surface area (Å²) in [6, 6.07) is 7.13. The molecule has 1 atom stereocenters. The molecule has 0 bridgehead atoms. The number of nitriles is 1. The third kappa shape index (κ3) is 6.24. The SMILES string of the molecule is CCOc1cc(/C=C/C(=O)NC(C#N)c2ccc(F)cc2F)ccc1OC(F)F. The van der Waals surface area contributed by atoms with Gasteiger partial charge in [-0.1, -0.05) is 12.1 Å². The zero-order chi connectivity index (χ0) is 21.4. The molecule has 0 aromatic heterocycles. The first-order valence-corrected chi connectivity index (χ1v) is 8.38. The topological polar surface area (TPSA) is 71.3 Å². The summed E-state index contributed by atoms with van der Waals surface area (Å²) in [5.41, 5.74) is 0.259. The Kier molecular flexibility index (Phi) is 7.60. The number of hydrogen-bond donors (Lipinski definition) is 1. The molecule has 0 aliphatic heterocycles. The molecule has 1 unspecified atom stereocenters. The second kappa shape index (κ2) is 10.1. The van der Waals surface area contributed by atoms with Crippen LogP contribution < -0.4 is 14.8 Å². The highest BCUT2D eigenvalue weighted by Crippen LogP contribution is 2.30. The number of halogens is 4. The number of hydrogen-bond acceptors (Lipinski definition) is 4. The van der Waals surface area contributed by atoms with Crippen molar-refractivity contribution in [3.63, 3.8) is 0 Å². The van der Waals surface area contributed by atoms with Crippen LogP contribution in [0.1, 0.15) is 24.1 Å². The molecular formula is C20H16F4N2O3. The zero-order valence-electron chi connectivity index (χ0n) is 15.2. The van der Waals surface area contributed by atoms with Gasteiger partial charge in [-0.05, 0) is 36.8 Å². The summed E-state index contributed by atoms with van der Waals surface area (Å²) < 4.78 is 61.2. The molecule has 0 saturated heterocycles. The van der Waals surface area contributed by atoms with Crippen molar-refractivity contribution in [2.24, 2.45) is 0 Å². The van der Waals surface area contributed by atoms with Gasteiger partial charge >= 0.3 is 6.61 Å². The lowest BCUT2D eigenvalue weighted by Gasteiger charge is -2.12. The van der Waals surface area contributed by atoms with Gasteiger partial charge in [-0.25, -0.2) is 8.78 Å². The number of nitrogens with one attached hydrogen (secondary N) is 1. The first kappa shape index (κ1) is 21.8. The van der Waals surface area contributed by atoms with Gasteiger partial charge in [0, 0.05) is 17.7 Å². The zero-order valence-corrected chi connectivity index (χ0v) is 15.2. The van der Waals surface area contributed by atoms with Crippen molar-refractivity contribution in [2.45, 2.75) is 19.6 Å². The number of benzene rings is 2. The largest absolute Gasteiger partial charge is 0.490 e. The number of nitrogens with zero attached hydrogens (tertiary/aromatic N) is 1. The maximum atomic E-state index is 13.8. The molecule has 0 aliphatic rings. The van der Waals surface area contributed by atoms with Crippen molar-refractivity contribution < 1.29 is 31.8 Å². The third-order valence-electron chi connectivity index (χ3n) is 3.60. The molecule has 0 saturated carbocycles. The molecule has 1 amide bonds. The molecule has 0 fully saturated rings. The Balaban J connectivity index is 2.13. The van der Waals surface area contributed by atoms with Crippen molar-refractivity contribution >= 4 is 12.0 Å². The number of amides is 1. The predicted octanol–water partition coefficient (Wildman–Crippen LogP) is 4.36. The van der Waals surface area contributed by atoms with E-state index in [0.29, 0.717) is 11.6 Å². The molecule has 0 radical (unpaired) electrons. The Bertz CT molecular complexity index is 942. The van der Waals surface area contributed by atoms with E-state index in [1.807, 2.05) is 0 Å². The fourth-order valence-electron chi connectivity index (χ4n) is 2.37. The summed E-state index contributed by atoms with van der Waals surface area (Å²) in [7, 11) is 0. The highest BCUT2D eigenvalue weighted by Gasteiger charge is 2.17. The molecule has 29 heavy (non-hydrogen) atoms. The highest BCUT2D eigenvalue weighted by molar-refractivity contribution is 5.92. The predicted molar refractivity (Wildman–Crippen MR) is 96.1 cm³/mol. The van der Waals surface area contributed by atoms with Crippen LogP contribution in [0.2, 0.25) is 0 Å². The lowest BCUT2D eigenvalue weighted by Crippen LogP contribution is -2.26. The molecule has 2 rings (SSSR count). The lowest BCUT2D eigenvalue weighted by atomic mass is 10.1. The van der Waals surface area contributed by atoms with E-state index in [-0.39, 0.29) is 23.7 Å². The average Bonchev–Trinajstić information content (AvgIpc) is 2.66. The first-order chi connectivity index (χ1) is 13.8. The van der Waals surface area contributed by atoms with Gasteiger partial charge in [0.05, 0.1) is 12.7 Å². The Morgan fingerprint density at radius 3 is 2.59 bits per heavy atom. The van der Waals surface area contributed by atoms with Gasteiger partial charge in [-0.3, -0.25) is 4.79 Å². The van der Waals surface area contributed by atoms with E-state index in [1.54, 1.807) is 13.0 Å². The Hall–Kier alpha value is -3.54. The number of carbonyl (C=O) groups is 1. The Labute approximate surface area is 164 Å². The van der Waals surface area contributed by atoms with E-state index in [4.69, 9.17) is 10.00 Å². The van der Waals surface area contributed by atoms with Crippen LogP contribution in [0, 0.1) is 23.0 Å². The first-order valence-electron chi connectivity index (χ1n) is 8.38.